The van der Waals surface area contributed by atoms with Crippen LogP contribution < -0.4 is 10.1 Å². The van der Waals surface area contributed by atoms with Gasteiger partial charge in [-0.3, -0.25) is 9.48 Å². The third-order valence-electron chi connectivity index (χ3n) is 5.77. The number of nitrogens with one attached hydrogen (secondary N) is 1. The van der Waals surface area contributed by atoms with Crippen molar-refractivity contribution in [2.24, 2.45) is 0 Å². The van der Waals surface area contributed by atoms with Crippen LogP contribution in [0.5, 0.6) is 5.75 Å². The maximum atomic E-state index is 14.1. The first kappa shape index (κ1) is 27.4. The van der Waals surface area contributed by atoms with E-state index in [1.165, 1.54) is 45.2 Å². The highest BCUT2D eigenvalue weighted by Crippen LogP contribution is 2.27. The Bertz CT molecular complexity index is 1530. The first-order valence-corrected chi connectivity index (χ1v) is 11.3. The number of hydrogen-bond donors (Lipinski definition) is 1. The number of methoxy groups -OCH3 is 1. The number of amides is 1. The van der Waals surface area contributed by atoms with E-state index in [2.05, 4.69) is 15.2 Å². The van der Waals surface area contributed by atoms with Gasteiger partial charge >= 0.3 is 5.97 Å². The van der Waals surface area contributed by atoms with Crippen molar-refractivity contribution >= 4 is 17.6 Å². The van der Waals surface area contributed by atoms with Crippen LogP contribution in [0.3, 0.4) is 0 Å². The minimum atomic E-state index is -2.25. The number of ether oxygens (including phenoxy) is 2. The Morgan fingerprint density at radius 3 is 2.15 bits per heavy atom. The molecule has 0 spiro atoms. The van der Waals surface area contributed by atoms with Crippen LogP contribution in [0.2, 0.25) is 0 Å². The Morgan fingerprint density at radius 2 is 1.54 bits per heavy atom. The number of anilines is 1. The number of aryl methyl sites for hydroxylation is 1. The third-order valence-corrected chi connectivity index (χ3v) is 5.77. The molecule has 8 nitrogen and oxygen atoms in total. The van der Waals surface area contributed by atoms with Crippen molar-refractivity contribution in [1.29, 1.82) is 0 Å². The Hall–Kier alpha value is -4.68. The molecule has 2 aromatic carbocycles. The van der Waals surface area contributed by atoms with E-state index in [4.69, 9.17) is 9.15 Å². The number of hydrogen-bond acceptors (Lipinski definition) is 6. The first-order valence-electron chi connectivity index (χ1n) is 11.3. The van der Waals surface area contributed by atoms with Gasteiger partial charge < -0.3 is 19.2 Å². The number of carbonyl (C=O) groups is 2. The summed E-state index contributed by atoms with van der Waals surface area (Å²) in [6, 6.07) is 9.11. The first-order chi connectivity index (χ1) is 18.5. The summed E-state index contributed by atoms with van der Waals surface area (Å²) in [7, 11) is 1.27. The van der Waals surface area contributed by atoms with Crippen LogP contribution in [-0.2, 0) is 17.9 Å². The van der Waals surface area contributed by atoms with E-state index in [1.807, 2.05) is 0 Å². The Morgan fingerprint density at radius 1 is 0.923 bits per heavy atom. The van der Waals surface area contributed by atoms with Crippen LogP contribution in [0.4, 0.5) is 27.6 Å². The topological polar surface area (TPSA) is 95.6 Å². The molecule has 0 aliphatic carbocycles. The maximum absolute atomic E-state index is 14.1. The van der Waals surface area contributed by atoms with E-state index in [9.17, 15) is 31.5 Å². The minimum absolute atomic E-state index is 0.0250. The Kier molecular flexibility index (Phi) is 7.70. The van der Waals surface area contributed by atoms with Crippen molar-refractivity contribution in [2.45, 2.75) is 27.0 Å². The summed E-state index contributed by atoms with van der Waals surface area (Å²) in [4.78, 5) is 24.2. The lowest BCUT2D eigenvalue weighted by Gasteiger charge is -2.10. The van der Waals surface area contributed by atoms with E-state index in [0.29, 0.717) is 17.1 Å². The standard InChI is InChI=1S/C26H20F5N3O5/c1-12-24(13(2)34(33-12)10-17-19(27)21(29)23(31)22(30)20(17)28)32-25(35)18-9-8-16(39-18)11-38-15-6-4-14(5-7-15)26(36)37-3/h4-9H,10-11H2,1-3H3,(H,32,35). The second-order valence-corrected chi connectivity index (χ2v) is 8.28. The molecular formula is C26H20F5N3O5. The highest BCUT2D eigenvalue weighted by molar-refractivity contribution is 6.03. The lowest BCUT2D eigenvalue weighted by molar-refractivity contribution is 0.0600. The Labute approximate surface area is 217 Å². The van der Waals surface area contributed by atoms with Gasteiger partial charge in [-0.15, -0.1) is 0 Å². The molecule has 0 unspecified atom stereocenters. The SMILES string of the molecule is COC(=O)c1ccc(OCc2ccc(C(=O)Nc3c(C)nn(Cc4c(F)c(F)c(F)c(F)c4F)c3C)o2)cc1. The largest absolute Gasteiger partial charge is 0.486 e. The van der Waals surface area contributed by atoms with Crippen LogP contribution in [0.15, 0.2) is 40.8 Å². The number of benzene rings is 2. The smallest absolute Gasteiger partial charge is 0.337 e. The normalized spacial score (nSPS) is 11.0. The van der Waals surface area contributed by atoms with Crippen molar-refractivity contribution in [3.05, 3.63) is 99.5 Å². The van der Waals surface area contributed by atoms with Crippen LogP contribution in [0, 0.1) is 42.9 Å². The molecule has 204 valence electrons. The molecule has 0 fully saturated rings. The van der Waals surface area contributed by atoms with Crippen molar-refractivity contribution in [3.8, 4) is 5.75 Å². The summed E-state index contributed by atoms with van der Waals surface area (Å²) in [5.41, 5.74) is -0.109. The third kappa shape index (κ3) is 5.47. The van der Waals surface area contributed by atoms with Crippen LogP contribution in [0.25, 0.3) is 0 Å². The zero-order chi connectivity index (χ0) is 28.4. The molecule has 1 N–H and O–H groups in total. The molecule has 2 heterocycles. The number of rotatable bonds is 8. The molecule has 13 heteroatoms. The average Bonchev–Trinajstić information content (AvgIpc) is 3.52. The molecule has 2 aromatic heterocycles. The quantitative estimate of drug-likeness (QED) is 0.136. The predicted octanol–water partition coefficient (Wildman–Crippen LogP) is 5.45. The van der Waals surface area contributed by atoms with Crippen molar-refractivity contribution < 1.29 is 45.4 Å². The highest BCUT2D eigenvalue weighted by Gasteiger charge is 2.27. The molecular weight excluding hydrogens is 529 g/mol. The van der Waals surface area contributed by atoms with Crippen LogP contribution >= 0.6 is 0 Å². The summed E-state index contributed by atoms with van der Waals surface area (Å²) < 4.78 is 85.5. The lowest BCUT2D eigenvalue weighted by Crippen LogP contribution is -2.14. The highest BCUT2D eigenvalue weighted by atomic mass is 19.2. The molecule has 1 amide bonds. The predicted molar refractivity (Wildman–Crippen MR) is 126 cm³/mol. The molecule has 4 rings (SSSR count). The van der Waals surface area contributed by atoms with E-state index >= 15 is 0 Å². The van der Waals surface area contributed by atoms with Gasteiger partial charge in [0, 0.05) is 0 Å². The number of esters is 1. The average molecular weight is 549 g/mol. The van der Waals surface area contributed by atoms with Gasteiger partial charge in [-0.05, 0) is 50.2 Å². The number of halogens is 5. The van der Waals surface area contributed by atoms with Crippen LogP contribution in [0.1, 0.15) is 43.6 Å². The molecule has 39 heavy (non-hydrogen) atoms. The monoisotopic (exact) mass is 549 g/mol. The molecule has 0 saturated carbocycles. The van der Waals surface area contributed by atoms with Crippen molar-refractivity contribution in [1.82, 2.24) is 9.78 Å². The van der Waals surface area contributed by atoms with Gasteiger partial charge in [-0.1, -0.05) is 0 Å². The fraction of sp³-hybridized carbons (Fsp3) is 0.192. The number of furan rings is 1. The van der Waals surface area contributed by atoms with Crippen molar-refractivity contribution in [2.75, 3.05) is 12.4 Å². The lowest BCUT2D eigenvalue weighted by atomic mass is 10.1. The van der Waals surface area contributed by atoms with Gasteiger partial charge in [-0.25, -0.2) is 26.7 Å². The molecule has 0 aliphatic rings. The second kappa shape index (κ2) is 11.0. The molecule has 4 aromatic rings. The summed E-state index contributed by atoms with van der Waals surface area (Å²) in [6.07, 6.45) is 0. The molecule has 0 aliphatic heterocycles. The summed E-state index contributed by atoms with van der Waals surface area (Å²) in [5, 5.41) is 6.63. The fourth-order valence-corrected chi connectivity index (χ4v) is 3.68. The number of aromatic nitrogens is 2. The van der Waals surface area contributed by atoms with Gasteiger partial charge in [0.2, 0.25) is 5.82 Å². The van der Waals surface area contributed by atoms with E-state index in [-0.39, 0.29) is 29.4 Å². The van der Waals surface area contributed by atoms with Gasteiger partial charge in [0.25, 0.3) is 5.91 Å². The van der Waals surface area contributed by atoms with Gasteiger partial charge in [0.1, 0.15) is 18.1 Å². The molecule has 0 atom stereocenters. The van der Waals surface area contributed by atoms with Crippen LogP contribution in [-0.4, -0.2) is 28.8 Å². The summed E-state index contributed by atoms with van der Waals surface area (Å²) in [6.45, 7) is 2.15. The van der Waals surface area contributed by atoms with E-state index < -0.39 is 53.1 Å². The molecule has 0 saturated heterocycles. The molecule has 0 radical (unpaired) electrons. The zero-order valence-corrected chi connectivity index (χ0v) is 20.7. The van der Waals surface area contributed by atoms with Gasteiger partial charge in [0.15, 0.2) is 29.0 Å². The second-order valence-electron chi connectivity index (χ2n) is 8.28. The van der Waals surface area contributed by atoms with E-state index in [1.54, 1.807) is 12.1 Å². The van der Waals surface area contributed by atoms with E-state index in [0.717, 1.165) is 4.68 Å². The summed E-state index contributed by atoms with van der Waals surface area (Å²) >= 11 is 0. The number of nitrogens with zero attached hydrogens (tertiary/aromatic N) is 2. The van der Waals surface area contributed by atoms with Gasteiger partial charge in [0.05, 0.1) is 41.9 Å². The Balaban J connectivity index is 1.44. The minimum Gasteiger partial charge on any atom is -0.486 e. The molecule has 0 bridgehead atoms. The summed E-state index contributed by atoms with van der Waals surface area (Å²) in [5.74, 6) is -10.8. The maximum Gasteiger partial charge on any atom is 0.337 e. The van der Waals surface area contributed by atoms with Gasteiger partial charge in [-0.2, -0.15) is 5.10 Å². The fourth-order valence-electron chi connectivity index (χ4n) is 3.68. The zero-order valence-electron chi connectivity index (χ0n) is 20.7. The number of carbonyl (C=O) groups excluding carboxylic acids is 2. The van der Waals surface area contributed by atoms with Crippen molar-refractivity contribution in [3.63, 3.8) is 0 Å².